The molecule has 32 heavy (non-hydrogen) atoms. The normalized spacial score (nSPS) is 12.4. The zero-order valence-corrected chi connectivity index (χ0v) is 19.2. The first-order chi connectivity index (χ1) is 15.1. The van der Waals surface area contributed by atoms with Crippen LogP contribution in [-0.4, -0.2) is 24.5 Å². The van der Waals surface area contributed by atoms with Crippen molar-refractivity contribution < 1.29 is 12.8 Å². The van der Waals surface area contributed by atoms with Crippen molar-refractivity contribution in [1.29, 1.82) is 0 Å². The molecule has 0 spiro atoms. The van der Waals surface area contributed by atoms with Crippen LogP contribution >= 0.6 is 0 Å². The molecule has 0 bridgehead atoms. The number of aromatic nitrogens is 2. The van der Waals surface area contributed by atoms with Crippen LogP contribution in [0.25, 0.3) is 22.4 Å². The number of hydrogen-bond donors (Lipinski definition) is 1. The van der Waals surface area contributed by atoms with Gasteiger partial charge in [-0.25, -0.2) is 22.5 Å². The number of imidazole rings is 1. The van der Waals surface area contributed by atoms with E-state index >= 15 is 0 Å². The molecule has 0 atom stereocenters. The Morgan fingerprint density at radius 1 is 0.938 bits per heavy atom. The first-order valence-electron chi connectivity index (χ1n) is 10.5. The Kier molecular flexibility index (Phi) is 5.88. The van der Waals surface area contributed by atoms with E-state index in [4.69, 9.17) is 0 Å². The monoisotopic (exact) mass is 451 g/mol. The van der Waals surface area contributed by atoms with Crippen molar-refractivity contribution in [3.05, 3.63) is 84.2 Å². The smallest absolute Gasteiger partial charge is 0.240 e. The zero-order chi connectivity index (χ0) is 22.9. The molecule has 0 unspecified atom stereocenters. The third-order valence-corrected chi connectivity index (χ3v) is 6.89. The van der Waals surface area contributed by atoms with E-state index in [1.807, 2.05) is 41.0 Å². The molecule has 0 saturated carbocycles. The Hall–Kier alpha value is -3.03. The van der Waals surface area contributed by atoms with Crippen molar-refractivity contribution in [2.75, 3.05) is 6.54 Å². The lowest BCUT2D eigenvalue weighted by Gasteiger charge is -2.19. The molecule has 0 saturated heterocycles. The maximum Gasteiger partial charge on any atom is 0.240 e. The lowest BCUT2D eigenvalue weighted by molar-refractivity contribution is 0.572. The van der Waals surface area contributed by atoms with Crippen LogP contribution < -0.4 is 4.72 Å². The highest BCUT2D eigenvalue weighted by molar-refractivity contribution is 7.89. The average molecular weight is 452 g/mol. The quantitative estimate of drug-likeness (QED) is 0.443. The van der Waals surface area contributed by atoms with Crippen LogP contribution in [0.3, 0.4) is 0 Å². The molecule has 0 aliphatic heterocycles. The fraction of sp³-hybridized carbons (Fsp3) is 0.240. The summed E-state index contributed by atoms with van der Waals surface area (Å²) in [6.45, 7) is 6.83. The van der Waals surface area contributed by atoms with E-state index in [9.17, 15) is 12.8 Å². The summed E-state index contributed by atoms with van der Waals surface area (Å²) in [6, 6.07) is 20.8. The van der Waals surface area contributed by atoms with Gasteiger partial charge >= 0.3 is 0 Å². The molecule has 5 nitrogen and oxygen atoms in total. The number of nitrogens with zero attached hydrogens (tertiary/aromatic N) is 2. The van der Waals surface area contributed by atoms with Gasteiger partial charge in [0.15, 0.2) is 0 Å². The Balaban J connectivity index is 1.56. The Bertz CT molecular complexity index is 1340. The van der Waals surface area contributed by atoms with E-state index in [1.54, 1.807) is 24.3 Å². The molecule has 0 aliphatic carbocycles. The first-order valence-corrected chi connectivity index (χ1v) is 11.9. The van der Waals surface area contributed by atoms with Gasteiger partial charge in [-0.2, -0.15) is 0 Å². The molecule has 0 fully saturated rings. The SMILES string of the molecule is CC(C)(C)c1ccc(S(=O)(=O)NCCn2c(-c3ccc(F)cc3)nc3ccccc32)cc1. The van der Waals surface area contributed by atoms with Gasteiger partial charge in [-0.15, -0.1) is 0 Å². The summed E-state index contributed by atoms with van der Waals surface area (Å²) in [5.74, 6) is 0.349. The Morgan fingerprint density at radius 3 is 2.25 bits per heavy atom. The molecule has 4 rings (SSSR count). The highest BCUT2D eigenvalue weighted by atomic mass is 32.2. The van der Waals surface area contributed by atoms with Gasteiger partial charge in [0.05, 0.1) is 15.9 Å². The maximum atomic E-state index is 13.4. The molecule has 1 aromatic heterocycles. The highest BCUT2D eigenvalue weighted by Crippen LogP contribution is 2.25. The second-order valence-corrected chi connectivity index (χ2v) is 10.5. The molecule has 3 aromatic carbocycles. The van der Waals surface area contributed by atoms with E-state index in [1.165, 1.54) is 12.1 Å². The largest absolute Gasteiger partial charge is 0.323 e. The van der Waals surface area contributed by atoms with Crippen molar-refractivity contribution in [2.45, 2.75) is 37.6 Å². The second-order valence-electron chi connectivity index (χ2n) is 8.75. The van der Waals surface area contributed by atoms with Crippen LogP contribution in [0.5, 0.6) is 0 Å². The van der Waals surface area contributed by atoms with Gasteiger partial charge in [-0.1, -0.05) is 45.0 Å². The molecule has 0 radical (unpaired) electrons. The van der Waals surface area contributed by atoms with E-state index < -0.39 is 10.0 Å². The van der Waals surface area contributed by atoms with Crippen LogP contribution in [-0.2, 0) is 22.0 Å². The van der Waals surface area contributed by atoms with E-state index in [0.717, 1.165) is 22.2 Å². The number of rotatable bonds is 6. The number of fused-ring (bicyclic) bond motifs is 1. The first kappa shape index (κ1) is 22.2. The summed E-state index contributed by atoms with van der Waals surface area (Å²) < 4.78 is 43.6. The summed E-state index contributed by atoms with van der Waals surface area (Å²) in [5.41, 5.74) is 3.48. The number of halogens is 1. The predicted molar refractivity (Wildman–Crippen MR) is 125 cm³/mol. The maximum absolute atomic E-state index is 13.4. The standard InChI is InChI=1S/C25H26FN3O2S/c1-25(2,3)19-10-14-21(15-11-19)32(30,31)27-16-17-29-23-7-5-4-6-22(23)28-24(29)18-8-12-20(26)13-9-18/h4-15,27H,16-17H2,1-3H3. The minimum Gasteiger partial charge on any atom is -0.323 e. The predicted octanol–water partition coefficient (Wildman–Crippen LogP) is 5.12. The molecule has 166 valence electrons. The van der Waals surface area contributed by atoms with Crippen LogP contribution in [0.4, 0.5) is 4.39 Å². The molecule has 1 N–H and O–H groups in total. The molecular formula is C25H26FN3O2S. The third-order valence-electron chi connectivity index (χ3n) is 5.42. The lowest BCUT2D eigenvalue weighted by atomic mass is 9.87. The van der Waals surface area contributed by atoms with Gasteiger partial charge in [0.1, 0.15) is 11.6 Å². The molecule has 7 heteroatoms. The fourth-order valence-electron chi connectivity index (χ4n) is 3.63. The number of benzene rings is 3. The molecule has 1 heterocycles. The highest BCUT2D eigenvalue weighted by Gasteiger charge is 2.18. The van der Waals surface area contributed by atoms with Crippen LogP contribution in [0.2, 0.25) is 0 Å². The Labute approximate surface area is 188 Å². The second kappa shape index (κ2) is 8.48. The van der Waals surface area contributed by atoms with E-state index in [-0.39, 0.29) is 22.7 Å². The third kappa shape index (κ3) is 4.59. The minimum atomic E-state index is -3.65. The van der Waals surface area contributed by atoms with E-state index in [2.05, 4.69) is 30.5 Å². The number of para-hydroxylation sites is 2. The molecule has 0 aliphatic rings. The summed E-state index contributed by atoms with van der Waals surface area (Å²) >= 11 is 0. The average Bonchev–Trinajstić information content (AvgIpc) is 3.12. The molecule has 0 amide bonds. The van der Waals surface area contributed by atoms with E-state index in [0.29, 0.717) is 12.4 Å². The van der Waals surface area contributed by atoms with Crippen molar-refractivity contribution in [3.63, 3.8) is 0 Å². The zero-order valence-electron chi connectivity index (χ0n) is 18.3. The minimum absolute atomic E-state index is 0.0467. The van der Waals surface area contributed by atoms with Crippen molar-refractivity contribution >= 4 is 21.1 Å². The summed E-state index contributed by atoms with van der Waals surface area (Å²) in [5, 5.41) is 0. The summed E-state index contributed by atoms with van der Waals surface area (Å²) in [4.78, 5) is 4.92. The van der Waals surface area contributed by atoms with Crippen molar-refractivity contribution in [1.82, 2.24) is 14.3 Å². The van der Waals surface area contributed by atoms with Gasteiger partial charge in [0, 0.05) is 18.7 Å². The van der Waals surface area contributed by atoms with Gasteiger partial charge in [-0.05, 0) is 59.5 Å². The Morgan fingerprint density at radius 2 is 1.59 bits per heavy atom. The molecule has 4 aromatic rings. The van der Waals surface area contributed by atoms with Gasteiger partial charge < -0.3 is 4.57 Å². The molecular weight excluding hydrogens is 425 g/mol. The summed E-state index contributed by atoms with van der Waals surface area (Å²) in [6.07, 6.45) is 0. The van der Waals surface area contributed by atoms with Crippen molar-refractivity contribution in [2.24, 2.45) is 0 Å². The summed E-state index contributed by atoms with van der Waals surface area (Å²) in [7, 11) is -3.65. The number of nitrogens with one attached hydrogen (secondary N) is 1. The number of hydrogen-bond acceptors (Lipinski definition) is 3. The van der Waals surface area contributed by atoms with Crippen LogP contribution in [0, 0.1) is 5.82 Å². The van der Waals surface area contributed by atoms with Gasteiger partial charge in [0.25, 0.3) is 0 Å². The van der Waals surface area contributed by atoms with Gasteiger partial charge in [-0.3, -0.25) is 0 Å². The van der Waals surface area contributed by atoms with Crippen LogP contribution in [0.15, 0.2) is 77.7 Å². The fourth-order valence-corrected chi connectivity index (χ4v) is 4.65. The van der Waals surface area contributed by atoms with Crippen LogP contribution in [0.1, 0.15) is 26.3 Å². The van der Waals surface area contributed by atoms with Gasteiger partial charge in [0.2, 0.25) is 10.0 Å². The number of sulfonamides is 1. The lowest BCUT2D eigenvalue weighted by Crippen LogP contribution is -2.27. The van der Waals surface area contributed by atoms with Crippen molar-refractivity contribution in [3.8, 4) is 11.4 Å². The topological polar surface area (TPSA) is 64.0 Å².